The minimum absolute atomic E-state index is 0.642. The summed E-state index contributed by atoms with van der Waals surface area (Å²) >= 11 is 5.28. The van der Waals surface area contributed by atoms with Gasteiger partial charge in [-0.25, -0.2) is 0 Å². The first-order valence-corrected chi connectivity index (χ1v) is 8.16. The maximum absolute atomic E-state index is 11.1. The smallest absolute Gasteiger partial charge is 0.263 e. The van der Waals surface area contributed by atoms with E-state index < -0.39 is 31.5 Å². The lowest BCUT2D eigenvalue weighted by molar-refractivity contribution is 0.383. The molecule has 6 nitrogen and oxygen atoms in total. The fourth-order valence-electron chi connectivity index (χ4n) is 0.915. The Morgan fingerprint density at radius 3 is 2.50 bits per heavy atom. The fraction of sp³-hybridized carbons (Fsp3) is 0.333. The van der Waals surface area contributed by atoms with Gasteiger partial charge in [0.2, 0.25) is 0 Å². The van der Waals surface area contributed by atoms with Crippen LogP contribution in [0.3, 0.4) is 0 Å². The van der Waals surface area contributed by atoms with Gasteiger partial charge in [-0.15, -0.1) is 15.0 Å². The van der Waals surface area contributed by atoms with E-state index in [0.717, 1.165) is 0 Å². The van der Waals surface area contributed by atoms with E-state index in [-0.39, 0.29) is 0 Å². The zero-order valence-corrected chi connectivity index (χ0v) is 11.0. The van der Waals surface area contributed by atoms with Crippen LogP contribution >= 0.6 is 24.0 Å². The van der Waals surface area contributed by atoms with Gasteiger partial charge in [0.15, 0.2) is 0 Å². The van der Waals surface area contributed by atoms with E-state index in [1.165, 1.54) is 11.3 Å². The molecule has 0 spiro atoms. The van der Waals surface area contributed by atoms with Crippen molar-refractivity contribution in [2.45, 2.75) is 5.25 Å². The Hall–Kier alpha value is -0.130. The van der Waals surface area contributed by atoms with Crippen LogP contribution in [-0.4, -0.2) is 27.1 Å². The summed E-state index contributed by atoms with van der Waals surface area (Å²) in [6.45, 7) is 0. The summed E-state index contributed by atoms with van der Waals surface area (Å²) in [6, 6.07) is 3.37. The summed E-state index contributed by atoms with van der Waals surface area (Å²) in [7, 11) is -9.39. The molecule has 1 rings (SSSR count). The Balaban J connectivity index is 2.74. The van der Waals surface area contributed by atoms with Crippen LogP contribution in [0.5, 0.6) is 0 Å². The van der Waals surface area contributed by atoms with E-state index in [0.29, 0.717) is 4.88 Å². The Labute approximate surface area is 103 Å². The highest BCUT2D eigenvalue weighted by molar-refractivity contribution is 7.97. The highest BCUT2D eigenvalue weighted by Crippen LogP contribution is 2.26. The van der Waals surface area contributed by atoms with Crippen molar-refractivity contribution in [1.29, 1.82) is 0 Å². The predicted molar refractivity (Wildman–Crippen MR) is 62.5 cm³/mol. The molecule has 1 unspecified atom stereocenters. The second-order valence-electron chi connectivity index (χ2n) is 2.75. The summed E-state index contributed by atoms with van der Waals surface area (Å²) < 4.78 is 54.6. The van der Waals surface area contributed by atoms with Gasteiger partial charge in [-0.2, -0.15) is 29.5 Å². The molecule has 0 bridgehead atoms. The average molecular weight is 304 g/mol. The second-order valence-corrected chi connectivity index (χ2v) is 7.20. The van der Waals surface area contributed by atoms with E-state index >= 15 is 0 Å². The van der Waals surface area contributed by atoms with E-state index in [1.54, 1.807) is 17.5 Å². The molecule has 0 aliphatic carbocycles. The first kappa shape index (κ1) is 13.9. The van der Waals surface area contributed by atoms with Crippen LogP contribution in [-0.2, 0) is 24.1 Å². The molecule has 10 heteroatoms. The van der Waals surface area contributed by atoms with Crippen molar-refractivity contribution in [2.24, 2.45) is 0 Å². The van der Waals surface area contributed by atoms with Crippen LogP contribution in [0, 0.1) is 0 Å². The van der Waals surface area contributed by atoms with Crippen molar-refractivity contribution in [1.82, 2.24) is 0 Å². The first-order chi connectivity index (χ1) is 7.20. The molecular weight excluding hydrogens is 296 g/mol. The van der Waals surface area contributed by atoms with Crippen LogP contribution in [0.25, 0.3) is 0 Å². The van der Waals surface area contributed by atoms with Gasteiger partial charge >= 0.3 is 10.4 Å². The molecule has 0 aliphatic heterocycles. The van der Waals surface area contributed by atoms with Crippen molar-refractivity contribution < 1.29 is 25.0 Å². The zero-order chi connectivity index (χ0) is 12.4. The summed E-state index contributed by atoms with van der Waals surface area (Å²) in [5.41, 5.74) is 0. The van der Waals surface area contributed by atoms with E-state index in [4.69, 9.17) is 4.55 Å². The fourth-order valence-corrected chi connectivity index (χ4v) is 4.39. The third-order valence-corrected chi connectivity index (χ3v) is 5.55. The number of hydrogen-bond acceptors (Lipinski definition) is 7. The van der Waals surface area contributed by atoms with Gasteiger partial charge in [0.05, 0.1) is 11.0 Å². The lowest BCUT2D eigenvalue weighted by Gasteiger charge is -2.07. The lowest BCUT2D eigenvalue weighted by Crippen LogP contribution is -2.18. The molecule has 0 amide bonds. The van der Waals surface area contributed by atoms with Crippen LogP contribution in [0.15, 0.2) is 17.5 Å². The molecule has 0 fully saturated rings. The molecule has 16 heavy (non-hydrogen) atoms. The van der Waals surface area contributed by atoms with Crippen molar-refractivity contribution >= 4 is 44.5 Å². The first-order valence-electron chi connectivity index (χ1n) is 3.82. The maximum Gasteiger partial charge on any atom is 0.412 e. The maximum atomic E-state index is 11.1. The molecular formula is C6H8O6S4. The van der Waals surface area contributed by atoms with Crippen LogP contribution < -0.4 is 0 Å². The van der Waals surface area contributed by atoms with Crippen molar-refractivity contribution in [2.75, 3.05) is 5.75 Å². The van der Waals surface area contributed by atoms with Crippen LogP contribution in [0.2, 0.25) is 0 Å². The minimum Gasteiger partial charge on any atom is -0.263 e. The van der Waals surface area contributed by atoms with Crippen LogP contribution in [0.4, 0.5) is 0 Å². The predicted octanol–water partition coefficient (Wildman–Crippen LogP) is 0.868. The number of hydrogen-bond donors (Lipinski definition) is 2. The summed E-state index contributed by atoms with van der Waals surface area (Å²) in [4.78, 5) is 0.658. The quantitative estimate of drug-likeness (QED) is 0.619. The van der Waals surface area contributed by atoms with Gasteiger partial charge in [-0.1, -0.05) is 6.07 Å². The molecule has 1 aromatic heterocycles. The third-order valence-electron chi connectivity index (χ3n) is 1.42. The standard InChI is InChI=1S/C6H8O6S4/c7-15(8,12-16(9,10)11)4-5(13)6-2-1-3-14-6/h1-3,5,13H,4H2,(H,9,10,11). The van der Waals surface area contributed by atoms with Crippen molar-refractivity contribution in [3.8, 4) is 0 Å². The third kappa shape index (κ3) is 4.80. The van der Waals surface area contributed by atoms with E-state index in [9.17, 15) is 16.8 Å². The molecule has 1 aromatic rings. The summed E-state index contributed by atoms with van der Waals surface area (Å²) in [5.74, 6) is -0.642. The van der Waals surface area contributed by atoms with Crippen LogP contribution in [0.1, 0.15) is 10.1 Å². The molecule has 1 atom stereocenters. The molecule has 0 radical (unpaired) electrons. The van der Waals surface area contributed by atoms with Gasteiger partial charge < -0.3 is 0 Å². The average Bonchev–Trinajstić information content (AvgIpc) is 2.48. The van der Waals surface area contributed by atoms with Gasteiger partial charge in [0.1, 0.15) is 0 Å². The molecule has 0 saturated heterocycles. The Bertz CT molecular complexity index is 528. The molecule has 0 aromatic carbocycles. The number of rotatable bonds is 5. The summed E-state index contributed by atoms with van der Waals surface area (Å²) in [6.07, 6.45) is 0. The largest absolute Gasteiger partial charge is 0.412 e. The summed E-state index contributed by atoms with van der Waals surface area (Å²) in [5, 5.41) is 1.03. The molecule has 1 heterocycles. The highest BCUT2D eigenvalue weighted by atomic mass is 32.3. The lowest BCUT2D eigenvalue weighted by atomic mass is 10.4. The van der Waals surface area contributed by atoms with Crippen molar-refractivity contribution in [3.63, 3.8) is 0 Å². The second kappa shape index (κ2) is 5.02. The van der Waals surface area contributed by atoms with Gasteiger partial charge in [0, 0.05) is 4.88 Å². The monoisotopic (exact) mass is 304 g/mol. The van der Waals surface area contributed by atoms with Gasteiger partial charge in [-0.05, 0) is 11.4 Å². The van der Waals surface area contributed by atoms with Gasteiger partial charge in [0.25, 0.3) is 10.1 Å². The molecule has 92 valence electrons. The topological polar surface area (TPSA) is 97.7 Å². The van der Waals surface area contributed by atoms with Gasteiger partial charge in [-0.3, -0.25) is 4.55 Å². The normalized spacial score (nSPS) is 14.9. The van der Waals surface area contributed by atoms with E-state index in [2.05, 4.69) is 16.3 Å². The highest BCUT2D eigenvalue weighted by Gasteiger charge is 2.24. The minimum atomic E-state index is -5.01. The molecule has 0 saturated carbocycles. The van der Waals surface area contributed by atoms with E-state index in [1.807, 2.05) is 0 Å². The number of thiophene rings is 1. The molecule has 0 aliphatic rings. The van der Waals surface area contributed by atoms with Crippen molar-refractivity contribution in [3.05, 3.63) is 22.4 Å². The number of thiol groups is 1. The zero-order valence-electron chi connectivity index (χ0n) is 7.68. The SMILES string of the molecule is O=S(=O)(O)OS(=O)(=O)CC(S)c1cccs1. The molecule has 1 N–H and O–H groups in total. The Morgan fingerprint density at radius 2 is 2.06 bits per heavy atom. The Morgan fingerprint density at radius 1 is 1.44 bits per heavy atom. The Kier molecular flexibility index (Phi) is 4.37.